The normalized spacial score (nSPS) is 23.7. The van der Waals surface area contributed by atoms with E-state index in [-0.39, 0.29) is 23.3 Å². The number of sulfone groups is 1. The Bertz CT molecular complexity index is 654. The molecular formula is C15H21N3O4S. The van der Waals surface area contributed by atoms with Gasteiger partial charge in [0.15, 0.2) is 9.84 Å². The van der Waals surface area contributed by atoms with Gasteiger partial charge in [0.1, 0.15) is 5.82 Å². The number of nitrogens with zero attached hydrogens (tertiary/aromatic N) is 2. The quantitative estimate of drug-likeness (QED) is 0.836. The van der Waals surface area contributed by atoms with Crippen LogP contribution in [0.15, 0.2) is 18.3 Å². The molecule has 126 valence electrons. The van der Waals surface area contributed by atoms with Crippen LogP contribution in [-0.2, 0) is 14.6 Å². The van der Waals surface area contributed by atoms with Crippen LogP contribution in [0.5, 0.6) is 0 Å². The fourth-order valence-electron chi connectivity index (χ4n) is 2.87. The topological polar surface area (TPSA) is 88.6 Å². The van der Waals surface area contributed by atoms with E-state index < -0.39 is 9.84 Å². The first-order valence-corrected chi connectivity index (χ1v) is 9.63. The molecule has 1 atom stereocenters. The van der Waals surface area contributed by atoms with Crippen molar-refractivity contribution in [3.63, 3.8) is 0 Å². The molecular weight excluding hydrogens is 318 g/mol. The standard InChI is InChI=1S/C15H21N3O4S/c19-15(17-9-12-3-8-23(20,21)11-12)13-1-2-14(16-10-13)18-4-6-22-7-5-18/h1-2,10,12H,3-9,11H2,(H,17,19)/t12-/m1/s1. The zero-order valence-corrected chi connectivity index (χ0v) is 13.7. The monoisotopic (exact) mass is 339 g/mol. The maximum atomic E-state index is 12.1. The number of carbonyl (C=O) groups is 1. The van der Waals surface area contributed by atoms with Gasteiger partial charge < -0.3 is 15.0 Å². The van der Waals surface area contributed by atoms with Crippen molar-refractivity contribution in [2.75, 3.05) is 49.3 Å². The summed E-state index contributed by atoms with van der Waals surface area (Å²) in [6, 6.07) is 3.58. The van der Waals surface area contributed by atoms with Gasteiger partial charge >= 0.3 is 0 Å². The zero-order chi connectivity index (χ0) is 16.3. The molecule has 2 aliphatic heterocycles. The van der Waals surface area contributed by atoms with E-state index in [1.54, 1.807) is 12.3 Å². The average molecular weight is 339 g/mol. The Morgan fingerprint density at radius 3 is 2.74 bits per heavy atom. The second-order valence-electron chi connectivity index (χ2n) is 5.98. The Morgan fingerprint density at radius 1 is 1.35 bits per heavy atom. The lowest BCUT2D eigenvalue weighted by molar-refractivity contribution is 0.0948. The van der Waals surface area contributed by atoms with E-state index in [2.05, 4.69) is 15.2 Å². The van der Waals surface area contributed by atoms with Gasteiger partial charge in [-0.25, -0.2) is 13.4 Å². The van der Waals surface area contributed by atoms with Gasteiger partial charge in [0.05, 0.1) is 30.3 Å². The lowest BCUT2D eigenvalue weighted by Crippen LogP contribution is -2.36. The first-order valence-electron chi connectivity index (χ1n) is 7.81. The van der Waals surface area contributed by atoms with Crippen molar-refractivity contribution in [3.05, 3.63) is 23.9 Å². The van der Waals surface area contributed by atoms with Gasteiger partial charge in [-0.15, -0.1) is 0 Å². The van der Waals surface area contributed by atoms with Crippen molar-refractivity contribution < 1.29 is 17.9 Å². The molecule has 2 saturated heterocycles. The third-order valence-corrected chi connectivity index (χ3v) is 6.06. The highest BCUT2D eigenvalue weighted by molar-refractivity contribution is 7.91. The van der Waals surface area contributed by atoms with Crippen molar-refractivity contribution in [1.29, 1.82) is 0 Å². The highest BCUT2D eigenvalue weighted by Gasteiger charge is 2.28. The SMILES string of the molecule is O=C(NC[C@H]1CCS(=O)(=O)C1)c1ccc(N2CCOCC2)nc1. The first-order chi connectivity index (χ1) is 11.0. The van der Waals surface area contributed by atoms with Crippen LogP contribution in [0.3, 0.4) is 0 Å². The van der Waals surface area contributed by atoms with Crippen molar-refractivity contribution >= 4 is 21.6 Å². The van der Waals surface area contributed by atoms with E-state index in [0.717, 1.165) is 18.9 Å². The fraction of sp³-hybridized carbons (Fsp3) is 0.600. The molecule has 1 aromatic heterocycles. The molecule has 0 aromatic carbocycles. The molecule has 23 heavy (non-hydrogen) atoms. The minimum atomic E-state index is -2.91. The van der Waals surface area contributed by atoms with Gasteiger partial charge in [-0.3, -0.25) is 4.79 Å². The number of ether oxygens (including phenoxy) is 1. The molecule has 1 aromatic rings. The van der Waals surface area contributed by atoms with E-state index >= 15 is 0 Å². The molecule has 1 amide bonds. The summed E-state index contributed by atoms with van der Waals surface area (Å²) in [7, 11) is -2.91. The number of rotatable bonds is 4. The van der Waals surface area contributed by atoms with E-state index in [9.17, 15) is 13.2 Å². The number of carbonyl (C=O) groups excluding carboxylic acids is 1. The largest absolute Gasteiger partial charge is 0.378 e. The third kappa shape index (κ3) is 4.20. The molecule has 1 N–H and O–H groups in total. The van der Waals surface area contributed by atoms with Crippen LogP contribution >= 0.6 is 0 Å². The Kier molecular flexibility index (Phi) is 4.82. The maximum Gasteiger partial charge on any atom is 0.252 e. The summed E-state index contributed by atoms with van der Waals surface area (Å²) in [5.41, 5.74) is 0.489. The van der Waals surface area contributed by atoms with Crippen LogP contribution < -0.4 is 10.2 Å². The number of anilines is 1. The number of nitrogens with one attached hydrogen (secondary N) is 1. The van der Waals surface area contributed by atoms with Gasteiger partial charge in [0.25, 0.3) is 5.91 Å². The molecule has 8 heteroatoms. The summed E-state index contributed by atoms with van der Waals surface area (Å²) in [6.07, 6.45) is 2.18. The number of morpholine rings is 1. The molecule has 3 rings (SSSR count). The molecule has 2 aliphatic rings. The minimum absolute atomic E-state index is 0.0181. The number of pyridine rings is 1. The Morgan fingerprint density at radius 2 is 2.13 bits per heavy atom. The summed E-state index contributed by atoms with van der Waals surface area (Å²) in [5.74, 6) is 1.04. The first kappa shape index (κ1) is 16.2. The lowest BCUT2D eigenvalue weighted by Gasteiger charge is -2.27. The number of hydrogen-bond donors (Lipinski definition) is 1. The fourth-order valence-corrected chi connectivity index (χ4v) is 4.73. The molecule has 0 unspecified atom stereocenters. The summed E-state index contributed by atoms with van der Waals surface area (Å²) in [6.45, 7) is 3.37. The van der Waals surface area contributed by atoms with E-state index in [0.29, 0.717) is 31.7 Å². The molecule has 3 heterocycles. The van der Waals surface area contributed by atoms with Gasteiger partial charge in [-0.1, -0.05) is 0 Å². The van der Waals surface area contributed by atoms with Crippen LogP contribution in [0.25, 0.3) is 0 Å². The van der Waals surface area contributed by atoms with Gasteiger partial charge in [-0.05, 0) is 24.5 Å². The van der Waals surface area contributed by atoms with Crippen LogP contribution in [0, 0.1) is 5.92 Å². The second kappa shape index (κ2) is 6.84. The smallest absolute Gasteiger partial charge is 0.252 e. The van der Waals surface area contributed by atoms with Gasteiger partial charge in [0, 0.05) is 25.8 Å². The Hall–Kier alpha value is -1.67. The second-order valence-corrected chi connectivity index (χ2v) is 8.21. The predicted octanol–water partition coefficient (Wildman–Crippen LogP) is 0.0827. The van der Waals surface area contributed by atoms with Crippen LogP contribution in [0.4, 0.5) is 5.82 Å². The number of amides is 1. The third-order valence-electron chi connectivity index (χ3n) is 4.22. The van der Waals surface area contributed by atoms with Crippen molar-refractivity contribution in [1.82, 2.24) is 10.3 Å². The summed E-state index contributed by atoms with van der Waals surface area (Å²) < 4.78 is 28.1. The highest BCUT2D eigenvalue weighted by Crippen LogP contribution is 2.18. The molecule has 7 nitrogen and oxygen atoms in total. The van der Waals surface area contributed by atoms with Crippen molar-refractivity contribution in [2.24, 2.45) is 5.92 Å². The van der Waals surface area contributed by atoms with E-state index in [4.69, 9.17) is 4.74 Å². The Labute approximate surface area is 135 Å². The molecule has 0 saturated carbocycles. The van der Waals surface area contributed by atoms with Crippen molar-refractivity contribution in [2.45, 2.75) is 6.42 Å². The van der Waals surface area contributed by atoms with E-state index in [1.807, 2.05) is 6.07 Å². The maximum absolute atomic E-state index is 12.1. The van der Waals surface area contributed by atoms with Gasteiger partial charge in [0.2, 0.25) is 0 Å². The Balaban J connectivity index is 1.53. The lowest BCUT2D eigenvalue weighted by atomic mass is 10.1. The van der Waals surface area contributed by atoms with Gasteiger partial charge in [-0.2, -0.15) is 0 Å². The number of aromatic nitrogens is 1. The summed E-state index contributed by atoms with van der Waals surface area (Å²) >= 11 is 0. The van der Waals surface area contributed by atoms with Crippen LogP contribution in [0.1, 0.15) is 16.8 Å². The molecule has 0 radical (unpaired) electrons. The molecule has 0 bridgehead atoms. The summed E-state index contributed by atoms with van der Waals surface area (Å²) in [4.78, 5) is 18.6. The molecule has 0 spiro atoms. The summed E-state index contributed by atoms with van der Waals surface area (Å²) in [5, 5.41) is 2.80. The average Bonchev–Trinajstić information content (AvgIpc) is 2.93. The molecule has 0 aliphatic carbocycles. The van der Waals surface area contributed by atoms with E-state index in [1.165, 1.54) is 0 Å². The minimum Gasteiger partial charge on any atom is -0.378 e. The highest BCUT2D eigenvalue weighted by atomic mass is 32.2. The predicted molar refractivity (Wildman–Crippen MR) is 86.4 cm³/mol. The van der Waals surface area contributed by atoms with Crippen LogP contribution in [0.2, 0.25) is 0 Å². The van der Waals surface area contributed by atoms with Crippen LogP contribution in [-0.4, -0.2) is 63.7 Å². The van der Waals surface area contributed by atoms with Crippen molar-refractivity contribution in [3.8, 4) is 0 Å². The molecule has 2 fully saturated rings. The zero-order valence-electron chi connectivity index (χ0n) is 12.9. The number of hydrogen-bond acceptors (Lipinski definition) is 6.